The van der Waals surface area contributed by atoms with Crippen LogP contribution in [0.5, 0.6) is 0 Å². The Morgan fingerprint density at radius 3 is 2.40 bits per heavy atom. The largest absolute Gasteiger partial charge is 0.480 e. The van der Waals surface area contributed by atoms with Crippen LogP contribution in [0.15, 0.2) is 24.3 Å². The molecule has 0 aliphatic heterocycles. The molecule has 0 saturated carbocycles. The summed E-state index contributed by atoms with van der Waals surface area (Å²) in [4.78, 5) is 12.5. The summed E-state index contributed by atoms with van der Waals surface area (Å²) in [5, 5.41) is 8.94. The fourth-order valence-corrected chi connectivity index (χ4v) is 1.47. The average molecular weight is 211 g/mol. The van der Waals surface area contributed by atoms with Crippen LogP contribution < -0.4 is 4.90 Å². The number of nitrogens with zero attached hydrogens (tertiary/aromatic N) is 1. The standard InChI is InChI=1S/C11H14FNO2/c1-3-10(11(14)15)13(2)9-6-4-8(12)5-7-9/h4-7,10H,3H2,1-2H3,(H,14,15). The van der Waals surface area contributed by atoms with Crippen LogP contribution in [0.1, 0.15) is 13.3 Å². The van der Waals surface area contributed by atoms with Crippen molar-refractivity contribution in [3.63, 3.8) is 0 Å². The molecular weight excluding hydrogens is 197 g/mol. The minimum atomic E-state index is -0.871. The van der Waals surface area contributed by atoms with Gasteiger partial charge in [0.25, 0.3) is 0 Å². The van der Waals surface area contributed by atoms with Gasteiger partial charge in [0, 0.05) is 12.7 Å². The van der Waals surface area contributed by atoms with Gasteiger partial charge in [0.2, 0.25) is 0 Å². The van der Waals surface area contributed by atoms with Gasteiger partial charge in [0.1, 0.15) is 11.9 Å². The molecule has 1 atom stereocenters. The third-order valence-corrected chi connectivity index (χ3v) is 2.37. The van der Waals surface area contributed by atoms with E-state index in [1.165, 1.54) is 12.1 Å². The molecule has 0 spiro atoms. The number of carboxylic acid groups (broad SMARTS) is 1. The molecule has 1 aromatic carbocycles. The highest BCUT2D eigenvalue weighted by molar-refractivity contribution is 5.77. The van der Waals surface area contributed by atoms with E-state index in [1.807, 2.05) is 0 Å². The molecule has 1 N–H and O–H groups in total. The van der Waals surface area contributed by atoms with Gasteiger partial charge in [0.05, 0.1) is 0 Å². The Morgan fingerprint density at radius 2 is 2.00 bits per heavy atom. The molecular formula is C11H14FNO2. The van der Waals surface area contributed by atoms with Gasteiger partial charge in [-0.15, -0.1) is 0 Å². The maximum absolute atomic E-state index is 12.7. The maximum atomic E-state index is 12.7. The summed E-state index contributed by atoms with van der Waals surface area (Å²) in [6, 6.07) is 5.21. The van der Waals surface area contributed by atoms with Crippen molar-refractivity contribution in [2.24, 2.45) is 0 Å². The van der Waals surface area contributed by atoms with Gasteiger partial charge in [0.15, 0.2) is 0 Å². The number of carboxylic acids is 1. The molecule has 0 amide bonds. The monoisotopic (exact) mass is 211 g/mol. The number of rotatable bonds is 4. The second-order valence-electron chi connectivity index (χ2n) is 3.35. The highest BCUT2D eigenvalue weighted by atomic mass is 19.1. The predicted molar refractivity (Wildman–Crippen MR) is 56.5 cm³/mol. The Labute approximate surface area is 88.1 Å². The number of hydrogen-bond donors (Lipinski definition) is 1. The van der Waals surface area contributed by atoms with E-state index in [4.69, 9.17) is 5.11 Å². The number of hydrogen-bond acceptors (Lipinski definition) is 2. The van der Waals surface area contributed by atoms with Crippen molar-refractivity contribution < 1.29 is 14.3 Å². The van der Waals surface area contributed by atoms with Crippen LogP contribution in [-0.4, -0.2) is 24.2 Å². The zero-order valence-electron chi connectivity index (χ0n) is 8.77. The molecule has 0 aromatic heterocycles. The Balaban J connectivity index is 2.87. The molecule has 4 heteroatoms. The molecule has 0 radical (unpaired) electrons. The van der Waals surface area contributed by atoms with E-state index in [0.29, 0.717) is 12.1 Å². The summed E-state index contributed by atoms with van der Waals surface area (Å²) in [6.45, 7) is 1.80. The maximum Gasteiger partial charge on any atom is 0.326 e. The molecule has 0 fully saturated rings. The van der Waals surface area contributed by atoms with E-state index in [9.17, 15) is 9.18 Å². The Kier molecular flexibility index (Phi) is 3.66. The van der Waals surface area contributed by atoms with E-state index in [-0.39, 0.29) is 5.82 Å². The first-order chi connectivity index (χ1) is 7.06. The van der Waals surface area contributed by atoms with Crippen LogP contribution in [0.3, 0.4) is 0 Å². The molecule has 82 valence electrons. The van der Waals surface area contributed by atoms with Crippen molar-refractivity contribution in [2.75, 3.05) is 11.9 Å². The van der Waals surface area contributed by atoms with Crippen molar-refractivity contribution in [2.45, 2.75) is 19.4 Å². The second kappa shape index (κ2) is 4.77. The van der Waals surface area contributed by atoms with E-state index >= 15 is 0 Å². The molecule has 0 aliphatic rings. The Bertz CT molecular complexity index is 337. The molecule has 0 saturated heterocycles. The summed E-state index contributed by atoms with van der Waals surface area (Å²) >= 11 is 0. The SMILES string of the molecule is CCC(C(=O)O)N(C)c1ccc(F)cc1. The van der Waals surface area contributed by atoms with Crippen LogP contribution in [-0.2, 0) is 4.79 Å². The first-order valence-corrected chi connectivity index (χ1v) is 4.77. The fraction of sp³-hybridized carbons (Fsp3) is 0.364. The summed E-state index contributed by atoms with van der Waals surface area (Å²) in [6.07, 6.45) is 0.503. The molecule has 1 unspecified atom stereocenters. The lowest BCUT2D eigenvalue weighted by molar-refractivity contribution is -0.138. The van der Waals surface area contributed by atoms with Gasteiger partial charge in [-0.1, -0.05) is 6.92 Å². The minimum Gasteiger partial charge on any atom is -0.480 e. The van der Waals surface area contributed by atoms with Crippen molar-refractivity contribution in [3.8, 4) is 0 Å². The van der Waals surface area contributed by atoms with E-state index in [1.54, 1.807) is 31.0 Å². The third-order valence-electron chi connectivity index (χ3n) is 2.37. The van der Waals surface area contributed by atoms with Gasteiger partial charge in [-0.2, -0.15) is 0 Å². The lowest BCUT2D eigenvalue weighted by atomic mass is 10.2. The van der Waals surface area contributed by atoms with Crippen molar-refractivity contribution in [3.05, 3.63) is 30.1 Å². The van der Waals surface area contributed by atoms with E-state index in [2.05, 4.69) is 0 Å². The smallest absolute Gasteiger partial charge is 0.326 e. The van der Waals surface area contributed by atoms with Crippen molar-refractivity contribution >= 4 is 11.7 Å². The predicted octanol–water partition coefficient (Wildman–Crippen LogP) is 2.13. The molecule has 15 heavy (non-hydrogen) atoms. The number of likely N-dealkylation sites (N-methyl/N-ethyl adjacent to an activating group) is 1. The molecule has 0 bridgehead atoms. The summed E-state index contributed by atoms with van der Waals surface area (Å²) < 4.78 is 12.7. The number of carbonyl (C=O) groups is 1. The van der Waals surface area contributed by atoms with Crippen LogP contribution >= 0.6 is 0 Å². The van der Waals surface area contributed by atoms with Gasteiger partial charge >= 0.3 is 5.97 Å². The molecule has 1 aromatic rings. The lowest BCUT2D eigenvalue weighted by Crippen LogP contribution is -2.37. The normalized spacial score (nSPS) is 12.2. The van der Waals surface area contributed by atoms with Crippen LogP contribution in [0.25, 0.3) is 0 Å². The second-order valence-corrected chi connectivity index (χ2v) is 3.35. The zero-order chi connectivity index (χ0) is 11.4. The van der Waals surface area contributed by atoms with E-state index in [0.717, 1.165) is 0 Å². The third kappa shape index (κ3) is 2.68. The van der Waals surface area contributed by atoms with Gasteiger partial charge in [-0.3, -0.25) is 0 Å². The number of aliphatic carboxylic acids is 1. The van der Waals surface area contributed by atoms with Crippen molar-refractivity contribution in [1.29, 1.82) is 0 Å². The first-order valence-electron chi connectivity index (χ1n) is 4.77. The number of benzene rings is 1. The minimum absolute atomic E-state index is 0.324. The average Bonchev–Trinajstić information content (AvgIpc) is 2.19. The van der Waals surface area contributed by atoms with Crippen molar-refractivity contribution in [1.82, 2.24) is 0 Å². The molecule has 0 aliphatic carbocycles. The molecule has 1 rings (SSSR count). The zero-order valence-corrected chi connectivity index (χ0v) is 8.77. The van der Waals surface area contributed by atoms with Gasteiger partial charge in [-0.05, 0) is 30.7 Å². The lowest BCUT2D eigenvalue weighted by Gasteiger charge is -2.25. The number of halogens is 1. The topological polar surface area (TPSA) is 40.5 Å². The van der Waals surface area contributed by atoms with Crippen LogP contribution in [0, 0.1) is 5.82 Å². The number of anilines is 1. The van der Waals surface area contributed by atoms with Gasteiger partial charge < -0.3 is 10.0 Å². The highest BCUT2D eigenvalue weighted by Gasteiger charge is 2.20. The summed E-state index contributed by atoms with van der Waals surface area (Å²) in [5.74, 6) is -1.19. The fourth-order valence-electron chi connectivity index (χ4n) is 1.47. The molecule has 0 heterocycles. The summed E-state index contributed by atoms with van der Waals surface area (Å²) in [5.41, 5.74) is 0.700. The van der Waals surface area contributed by atoms with Crippen LogP contribution in [0.4, 0.5) is 10.1 Å². The first kappa shape index (κ1) is 11.5. The Hall–Kier alpha value is -1.58. The summed E-state index contributed by atoms with van der Waals surface area (Å²) in [7, 11) is 1.69. The highest BCUT2D eigenvalue weighted by Crippen LogP contribution is 2.17. The molecule has 3 nitrogen and oxygen atoms in total. The Morgan fingerprint density at radius 1 is 1.47 bits per heavy atom. The van der Waals surface area contributed by atoms with Crippen LogP contribution in [0.2, 0.25) is 0 Å². The van der Waals surface area contributed by atoms with Gasteiger partial charge in [-0.25, -0.2) is 9.18 Å². The quantitative estimate of drug-likeness (QED) is 0.829. The van der Waals surface area contributed by atoms with E-state index < -0.39 is 12.0 Å².